The minimum absolute atomic E-state index is 0.140. The molecule has 1 aliphatic carbocycles. The molecule has 2 aromatic carbocycles. The summed E-state index contributed by atoms with van der Waals surface area (Å²) >= 11 is 6.29. The Bertz CT molecular complexity index is 799. The Labute approximate surface area is 178 Å². The van der Waals surface area contributed by atoms with Crippen LogP contribution in [-0.2, 0) is 11.2 Å². The summed E-state index contributed by atoms with van der Waals surface area (Å²) in [6, 6.07) is 16.0. The number of hydrogen-bond donors (Lipinski definition) is 1. The molecule has 2 fully saturated rings. The summed E-state index contributed by atoms with van der Waals surface area (Å²) in [7, 11) is 0. The summed E-state index contributed by atoms with van der Waals surface area (Å²) in [6.45, 7) is 4.84. The second kappa shape index (κ2) is 10.7. The Hall–Kier alpha value is -2.04. The number of aliphatic carboxylic acids is 1. The van der Waals surface area contributed by atoms with E-state index in [-0.39, 0.29) is 6.42 Å². The number of ether oxygens (including phenoxy) is 1. The number of carbonyl (C=O) groups is 1. The molecule has 5 heteroatoms. The highest BCUT2D eigenvalue weighted by molar-refractivity contribution is 6.31. The Balaban J connectivity index is 0.000000732. The van der Waals surface area contributed by atoms with Gasteiger partial charge in [-0.05, 0) is 42.7 Å². The molecule has 1 atom stereocenters. The molecule has 4 nitrogen and oxygen atoms in total. The third kappa shape index (κ3) is 7.06. The lowest BCUT2D eigenvalue weighted by Gasteiger charge is -2.43. The first-order valence-corrected chi connectivity index (χ1v) is 10.8. The number of rotatable bonds is 8. The van der Waals surface area contributed by atoms with Crippen molar-refractivity contribution in [3.8, 4) is 5.75 Å². The maximum atomic E-state index is 10.7. The molecule has 4 rings (SSSR count). The first-order chi connectivity index (χ1) is 14.0. The van der Waals surface area contributed by atoms with E-state index >= 15 is 0 Å². The van der Waals surface area contributed by atoms with Gasteiger partial charge in [0, 0.05) is 36.5 Å². The minimum Gasteiger partial charge on any atom is -0.493 e. The standard InChI is InChI=1S/C21H24ClNO3.C3H6/c1-15(19-7-2-3-8-20(19)22)23-12-17(13-23)14-26-18-6-4-5-16(11-18)9-10-21(24)25;1-2-3-1/h2-8,11,15,17H,9-10,12-14H2,1H3,(H,24,25);1-3H2. The maximum Gasteiger partial charge on any atom is 0.303 e. The number of nitrogens with zero attached hydrogens (tertiary/aromatic N) is 1. The van der Waals surface area contributed by atoms with E-state index in [4.69, 9.17) is 21.4 Å². The zero-order valence-corrected chi connectivity index (χ0v) is 17.8. The fraction of sp³-hybridized carbons (Fsp3) is 0.458. The predicted octanol–water partition coefficient (Wildman–Crippen LogP) is 5.60. The Kier molecular flexibility index (Phi) is 7.96. The van der Waals surface area contributed by atoms with E-state index in [1.165, 1.54) is 24.8 Å². The van der Waals surface area contributed by atoms with Crippen LogP contribution in [0.2, 0.25) is 5.02 Å². The van der Waals surface area contributed by atoms with Crippen molar-refractivity contribution in [1.29, 1.82) is 0 Å². The van der Waals surface area contributed by atoms with Crippen molar-refractivity contribution in [1.82, 2.24) is 4.90 Å². The highest BCUT2D eigenvalue weighted by Crippen LogP contribution is 2.32. The molecule has 1 unspecified atom stereocenters. The van der Waals surface area contributed by atoms with Gasteiger partial charge in [0.2, 0.25) is 0 Å². The Morgan fingerprint density at radius 2 is 1.90 bits per heavy atom. The molecule has 156 valence electrons. The molecule has 0 spiro atoms. The Morgan fingerprint density at radius 1 is 1.17 bits per heavy atom. The van der Waals surface area contributed by atoms with Crippen LogP contribution in [0.3, 0.4) is 0 Å². The van der Waals surface area contributed by atoms with Gasteiger partial charge >= 0.3 is 5.97 Å². The first-order valence-electron chi connectivity index (χ1n) is 10.4. The minimum atomic E-state index is -0.779. The molecular formula is C24H30ClNO3. The monoisotopic (exact) mass is 415 g/mol. The van der Waals surface area contributed by atoms with Crippen LogP contribution in [0.15, 0.2) is 48.5 Å². The predicted molar refractivity (Wildman–Crippen MR) is 117 cm³/mol. The van der Waals surface area contributed by atoms with Gasteiger partial charge in [0.1, 0.15) is 5.75 Å². The van der Waals surface area contributed by atoms with Crippen molar-refractivity contribution in [2.45, 2.75) is 45.1 Å². The van der Waals surface area contributed by atoms with Crippen LogP contribution in [0.1, 0.15) is 49.8 Å². The van der Waals surface area contributed by atoms with Crippen molar-refractivity contribution in [2.75, 3.05) is 19.7 Å². The van der Waals surface area contributed by atoms with Crippen LogP contribution >= 0.6 is 11.6 Å². The van der Waals surface area contributed by atoms with Crippen LogP contribution < -0.4 is 4.74 Å². The number of halogens is 1. The first kappa shape index (κ1) is 21.7. The summed E-state index contributed by atoms with van der Waals surface area (Å²) in [5.41, 5.74) is 2.16. The number of hydrogen-bond acceptors (Lipinski definition) is 3. The molecule has 0 bridgehead atoms. The molecular weight excluding hydrogens is 386 g/mol. The molecule has 0 aromatic heterocycles. The molecule has 0 amide bonds. The lowest BCUT2D eigenvalue weighted by molar-refractivity contribution is -0.136. The van der Waals surface area contributed by atoms with E-state index in [2.05, 4.69) is 17.9 Å². The fourth-order valence-corrected chi connectivity index (χ4v) is 3.59. The van der Waals surface area contributed by atoms with Crippen LogP contribution in [0, 0.1) is 5.92 Å². The number of carboxylic acid groups (broad SMARTS) is 1. The van der Waals surface area contributed by atoms with Gasteiger partial charge in [0.05, 0.1) is 6.61 Å². The van der Waals surface area contributed by atoms with Crippen molar-refractivity contribution in [3.05, 3.63) is 64.7 Å². The summed E-state index contributed by atoms with van der Waals surface area (Å²) in [5.74, 6) is 0.534. The number of likely N-dealkylation sites (tertiary alicyclic amines) is 1. The van der Waals surface area contributed by atoms with Crippen LogP contribution in [-0.4, -0.2) is 35.7 Å². The molecule has 1 N–H and O–H groups in total. The highest BCUT2D eigenvalue weighted by atomic mass is 35.5. The third-order valence-electron chi connectivity index (χ3n) is 5.25. The summed E-state index contributed by atoms with van der Waals surface area (Å²) in [4.78, 5) is 13.1. The normalized spacial score (nSPS) is 16.9. The van der Waals surface area contributed by atoms with Crippen molar-refractivity contribution in [2.24, 2.45) is 5.92 Å². The average Bonchev–Trinajstić information content (AvgIpc) is 3.55. The molecule has 0 radical (unpaired) electrons. The van der Waals surface area contributed by atoms with Crippen molar-refractivity contribution in [3.63, 3.8) is 0 Å². The lowest BCUT2D eigenvalue weighted by Crippen LogP contribution is -2.50. The van der Waals surface area contributed by atoms with Gasteiger partial charge in [0.15, 0.2) is 0 Å². The quantitative estimate of drug-likeness (QED) is 0.609. The highest BCUT2D eigenvalue weighted by Gasteiger charge is 2.32. The molecule has 1 saturated carbocycles. The fourth-order valence-electron chi connectivity index (χ4n) is 3.30. The molecule has 1 aliphatic heterocycles. The van der Waals surface area contributed by atoms with Gasteiger partial charge < -0.3 is 9.84 Å². The molecule has 1 heterocycles. The van der Waals surface area contributed by atoms with Crippen molar-refractivity contribution >= 4 is 17.6 Å². The van der Waals surface area contributed by atoms with E-state index in [1.54, 1.807) is 0 Å². The summed E-state index contributed by atoms with van der Waals surface area (Å²) in [5, 5.41) is 9.60. The van der Waals surface area contributed by atoms with Crippen LogP contribution in [0.25, 0.3) is 0 Å². The van der Waals surface area contributed by atoms with Gasteiger partial charge in [-0.3, -0.25) is 9.69 Å². The smallest absolute Gasteiger partial charge is 0.303 e. The van der Waals surface area contributed by atoms with Gasteiger partial charge in [-0.25, -0.2) is 0 Å². The largest absolute Gasteiger partial charge is 0.493 e. The molecule has 29 heavy (non-hydrogen) atoms. The van der Waals surface area contributed by atoms with Gasteiger partial charge in [-0.15, -0.1) is 0 Å². The van der Waals surface area contributed by atoms with Crippen LogP contribution in [0.5, 0.6) is 5.75 Å². The zero-order valence-electron chi connectivity index (χ0n) is 17.0. The molecule has 2 aromatic rings. The number of carboxylic acids is 1. The topological polar surface area (TPSA) is 49.8 Å². The lowest BCUT2D eigenvalue weighted by atomic mass is 9.96. The molecule has 2 aliphatic rings. The average molecular weight is 416 g/mol. The summed E-state index contributed by atoms with van der Waals surface area (Å²) in [6.07, 6.45) is 5.17. The number of aryl methyl sites for hydroxylation is 1. The van der Waals surface area contributed by atoms with Gasteiger partial charge in [-0.1, -0.05) is 61.2 Å². The van der Waals surface area contributed by atoms with Crippen molar-refractivity contribution < 1.29 is 14.6 Å². The molecule has 1 saturated heterocycles. The van der Waals surface area contributed by atoms with E-state index < -0.39 is 5.97 Å². The van der Waals surface area contributed by atoms with E-state index in [1.807, 2.05) is 42.5 Å². The van der Waals surface area contributed by atoms with E-state index in [9.17, 15) is 4.79 Å². The van der Waals surface area contributed by atoms with E-state index in [0.29, 0.717) is 25.0 Å². The van der Waals surface area contributed by atoms with Crippen LogP contribution in [0.4, 0.5) is 0 Å². The van der Waals surface area contributed by atoms with E-state index in [0.717, 1.165) is 29.4 Å². The number of benzene rings is 2. The van der Waals surface area contributed by atoms with Gasteiger partial charge in [-0.2, -0.15) is 0 Å². The zero-order chi connectivity index (χ0) is 20.6. The maximum absolute atomic E-state index is 10.7. The second-order valence-electron chi connectivity index (χ2n) is 7.93. The SMILES string of the molecule is C1CC1.CC(c1ccccc1Cl)N1CC(COc2cccc(CCC(=O)O)c2)C1. The second-order valence-corrected chi connectivity index (χ2v) is 8.34. The summed E-state index contributed by atoms with van der Waals surface area (Å²) < 4.78 is 5.91. The third-order valence-corrected chi connectivity index (χ3v) is 5.60. The van der Waals surface area contributed by atoms with Gasteiger partial charge in [0.25, 0.3) is 0 Å². The Morgan fingerprint density at radius 3 is 2.55 bits per heavy atom.